The number of nitrogens with zero attached hydrogens (tertiary/aromatic N) is 1. The van der Waals surface area contributed by atoms with E-state index in [0.717, 1.165) is 22.3 Å². The molecule has 7 nitrogen and oxygen atoms in total. The van der Waals surface area contributed by atoms with Gasteiger partial charge in [-0.2, -0.15) is 0 Å². The van der Waals surface area contributed by atoms with Crippen molar-refractivity contribution in [2.24, 2.45) is 0 Å². The topological polar surface area (TPSA) is 101 Å². The number of carbonyl (C=O) groups is 2. The Morgan fingerprint density at radius 1 is 0.737 bits per heavy atom. The van der Waals surface area contributed by atoms with Gasteiger partial charge in [-0.15, -0.1) is 0 Å². The lowest BCUT2D eigenvalue weighted by Crippen LogP contribution is -2.47. The number of benzene rings is 4. The number of aryl methyl sites for hydroxylation is 2. The van der Waals surface area contributed by atoms with Crippen molar-refractivity contribution in [3.8, 4) is 0 Å². The fourth-order valence-electron chi connectivity index (χ4n) is 4.46. The maximum atomic E-state index is 13.8. The summed E-state index contributed by atoms with van der Waals surface area (Å²) in [6, 6.07) is 29.7. The van der Waals surface area contributed by atoms with Crippen molar-refractivity contribution in [1.29, 1.82) is 0 Å². The van der Waals surface area contributed by atoms with Crippen LogP contribution < -0.4 is 10.6 Å². The summed E-state index contributed by atoms with van der Waals surface area (Å²) in [6.45, 7) is 3.82. The number of para-hydroxylation sites is 1. The number of nitro groups is 1. The predicted octanol–water partition coefficient (Wildman–Crippen LogP) is 5.71. The summed E-state index contributed by atoms with van der Waals surface area (Å²) in [5.41, 5.74) is 4.77. The van der Waals surface area contributed by atoms with Gasteiger partial charge >= 0.3 is 0 Å². The number of nitrogens with one attached hydrogen (secondary N) is 2. The summed E-state index contributed by atoms with van der Waals surface area (Å²) < 4.78 is 0. The number of hydrogen-bond donors (Lipinski definition) is 2. The van der Waals surface area contributed by atoms with Crippen LogP contribution in [0, 0.1) is 24.0 Å². The highest BCUT2D eigenvalue weighted by Gasteiger charge is 2.28. The van der Waals surface area contributed by atoms with Gasteiger partial charge in [-0.3, -0.25) is 19.7 Å². The monoisotopic (exact) mass is 507 g/mol. The van der Waals surface area contributed by atoms with Gasteiger partial charge in [0, 0.05) is 24.2 Å². The molecule has 2 amide bonds. The molecule has 4 aromatic rings. The highest BCUT2D eigenvalue weighted by molar-refractivity contribution is 5.99. The first-order valence-corrected chi connectivity index (χ1v) is 12.3. The maximum absolute atomic E-state index is 13.8. The Hall–Kier alpha value is -4.78. The SMILES string of the molecule is Cc1cccc(C)c1NC(=O)[C@@H](Cc1ccc([N+](=O)[O-])cc1)NC(=O)C(c1ccccc1)c1ccccc1. The van der Waals surface area contributed by atoms with Gasteiger partial charge in [0.15, 0.2) is 0 Å². The molecule has 0 bridgehead atoms. The van der Waals surface area contributed by atoms with Crippen LogP contribution in [0.2, 0.25) is 0 Å². The van der Waals surface area contributed by atoms with E-state index in [1.807, 2.05) is 92.7 Å². The van der Waals surface area contributed by atoms with Crippen LogP contribution in [0.1, 0.15) is 33.7 Å². The lowest BCUT2D eigenvalue weighted by Gasteiger charge is -2.24. The average Bonchev–Trinajstić information content (AvgIpc) is 2.92. The Labute approximate surface area is 221 Å². The van der Waals surface area contributed by atoms with Gasteiger partial charge in [-0.05, 0) is 41.7 Å². The van der Waals surface area contributed by atoms with E-state index in [2.05, 4.69) is 10.6 Å². The van der Waals surface area contributed by atoms with Gasteiger partial charge in [-0.25, -0.2) is 0 Å². The fourth-order valence-corrected chi connectivity index (χ4v) is 4.46. The lowest BCUT2D eigenvalue weighted by molar-refractivity contribution is -0.384. The molecule has 4 aromatic carbocycles. The number of non-ortho nitro benzene ring substituents is 1. The van der Waals surface area contributed by atoms with E-state index in [4.69, 9.17) is 0 Å². The van der Waals surface area contributed by atoms with E-state index in [0.29, 0.717) is 11.3 Å². The normalized spacial score (nSPS) is 11.6. The molecule has 2 N–H and O–H groups in total. The second kappa shape index (κ2) is 12.0. The minimum Gasteiger partial charge on any atom is -0.343 e. The quantitative estimate of drug-likeness (QED) is 0.224. The van der Waals surface area contributed by atoms with E-state index >= 15 is 0 Å². The fraction of sp³-hybridized carbons (Fsp3) is 0.161. The average molecular weight is 508 g/mol. The predicted molar refractivity (Wildman–Crippen MR) is 148 cm³/mol. The summed E-state index contributed by atoms with van der Waals surface area (Å²) >= 11 is 0. The zero-order valence-electron chi connectivity index (χ0n) is 21.3. The third kappa shape index (κ3) is 6.31. The summed E-state index contributed by atoms with van der Waals surface area (Å²) in [5.74, 6) is -1.30. The van der Waals surface area contributed by atoms with Crippen molar-refractivity contribution in [3.05, 3.63) is 141 Å². The summed E-state index contributed by atoms with van der Waals surface area (Å²) in [5, 5.41) is 17.0. The molecule has 0 aliphatic carbocycles. The van der Waals surface area contributed by atoms with Crippen LogP contribution in [0.25, 0.3) is 0 Å². The molecular weight excluding hydrogens is 478 g/mol. The van der Waals surface area contributed by atoms with Crippen molar-refractivity contribution in [2.45, 2.75) is 32.2 Å². The Kier molecular flexibility index (Phi) is 8.28. The first-order chi connectivity index (χ1) is 18.3. The van der Waals surface area contributed by atoms with Crippen LogP contribution in [0.3, 0.4) is 0 Å². The molecule has 0 unspecified atom stereocenters. The smallest absolute Gasteiger partial charge is 0.269 e. The molecule has 0 aliphatic heterocycles. The van der Waals surface area contributed by atoms with E-state index in [1.54, 1.807) is 12.1 Å². The maximum Gasteiger partial charge on any atom is 0.269 e. The molecular formula is C31H29N3O4. The third-order valence-electron chi connectivity index (χ3n) is 6.48. The number of anilines is 1. The molecule has 7 heteroatoms. The molecule has 192 valence electrons. The number of amides is 2. The Morgan fingerprint density at radius 2 is 1.26 bits per heavy atom. The molecule has 0 aliphatic rings. The van der Waals surface area contributed by atoms with Gasteiger partial charge in [0.2, 0.25) is 11.8 Å². The molecule has 4 rings (SSSR count). The van der Waals surface area contributed by atoms with Crippen molar-refractivity contribution in [1.82, 2.24) is 5.32 Å². The number of carbonyl (C=O) groups excluding carboxylic acids is 2. The largest absolute Gasteiger partial charge is 0.343 e. The second-order valence-electron chi connectivity index (χ2n) is 9.20. The third-order valence-corrected chi connectivity index (χ3v) is 6.48. The van der Waals surface area contributed by atoms with E-state index in [9.17, 15) is 19.7 Å². The van der Waals surface area contributed by atoms with Crippen LogP contribution in [-0.4, -0.2) is 22.8 Å². The lowest BCUT2D eigenvalue weighted by atomic mass is 9.90. The molecule has 0 radical (unpaired) electrons. The van der Waals surface area contributed by atoms with Crippen molar-refractivity contribution in [3.63, 3.8) is 0 Å². The Balaban J connectivity index is 1.66. The minimum atomic E-state index is -0.919. The summed E-state index contributed by atoms with van der Waals surface area (Å²) in [4.78, 5) is 38.0. The van der Waals surface area contributed by atoms with Gasteiger partial charge in [0.05, 0.1) is 10.8 Å². The molecule has 0 aromatic heterocycles. The van der Waals surface area contributed by atoms with Crippen LogP contribution in [0.4, 0.5) is 11.4 Å². The zero-order valence-corrected chi connectivity index (χ0v) is 21.3. The summed E-state index contributed by atoms with van der Waals surface area (Å²) in [6.07, 6.45) is 0.163. The zero-order chi connectivity index (χ0) is 27.1. The van der Waals surface area contributed by atoms with Crippen LogP contribution in [-0.2, 0) is 16.0 Å². The molecule has 0 fully saturated rings. The van der Waals surface area contributed by atoms with Gasteiger partial charge < -0.3 is 10.6 Å². The first-order valence-electron chi connectivity index (χ1n) is 12.3. The van der Waals surface area contributed by atoms with E-state index < -0.39 is 16.9 Å². The highest BCUT2D eigenvalue weighted by atomic mass is 16.6. The molecule has 38 heavy (non-hydrogen) atoms. The number of rotatable bonds is 9. The molecule has 0 spiro atoms. The molecule has 1 atom stereocenters. The van der Waals surface area contributed by atoms with E-state index in [1.165, 1.54) is 12.1 Å². The highest BCUT2D eigenvalue weighted by Crippen LogP contribution is 2.26. The van der Waals surface area contributed by atoms with Crippen LogP contribution in [0.15, 0.2) is 103 Å². The Bertz CT molecular complexity index is 1360. The van der Waals surface area contributed by atoms with Gasteiger partial charge in [0.1, 0.15) is 6.04 Å². The molecule has 0 saturated heterocycles. The summed E-state index contributed by atoms with van der Waals surface area (Å²) in [7, 11) is 0. The second-order valence-corrected chi connectivity index (χ2v) is 9.20. The van der Waals surface area contributed by atoms with Crippen LogP contribution >= 0.6 is 0 Å². The first kappa shape index (κ1) is 26.3. The van der Waals surface area contributed by atoms with Crippen molar-refractivity contribution in [2.75, 3.05) is 5.32 Å². The number of nitro benzene ring substituents is 1. The minimum absolute atomic E-state index is 0.0393. The number of hydrogen-bond acceptors (Lipinski definition) is 4. The van der Waals surface area contributed by atoms with Crippen molar-refractivity contribution < 1.29 is 14.5 Å². The van der Waals surface area contributed by atoms with Gasteiger partial charge in [-0.1, -0.05) is 91.0 Å². The van der Waals surface area contributed by atoms with Crippen LogP contribution in [0.5, 0.6) is 0 Å². The van der Waals surface area contributed by atoms with Crippen molar-refractivity contribution >= 4 is 23.2 Å². The Morgan fingerprint density at radius 3 is 1.76 bits per heavy atom. The molecule has 0 heterocycles. The van der Waals surface area contributed by atoms with E-state index in [-0.39, 0.29) is 23.9 Å². The molecule has 0 saturated carbocycles. The van der Waals surface area contributed by atoms with Gasteiger partial charge in [0.25, 0.3) is 5.69 Å². The standard InChI is InChI=1S/C31H29N3O4/c1-21-10-9-11-22(2)29(21)33-30(35)27(20-23-16-18-26(19-17-23)34(37)38)32-31(36)28(24-12-5-3-6-13-24)25-14-7-4-8-15-25/h3-19,27-28H,20H2,1-2H3,(H,32,36)(H,33,35)/t27-/m1/s1.